The van der Waals surface area contributed by atoms with Crippen LogP contribution in [0.2, 0.25) is 10.0 Å². The van der Waals surface area contributed by atoms with Crippen LogP contribution in [-0.4, -0.2) is 5.91 Å². The summed E-state index contributed by atoms with van der Waals surface area (Å²) in [4.78, 5) is 10.8. The molecule has 0 saturated carbocycles. The molecule has 0 fully saturated rings. The van der Waals surface area contributed by atoms with Crippen molar-refractivity contribution in [3.63, 3.8) is 0 Å². The van der Waals surface area contributed by atoms with Crippen molar-refractivity contribution in [1.82, 2.24) is 0 Å². The molecule has 3 nitrogen and oxygen atoms in total. The van der Waals surface area contributed by atoms with Crippen LogP contribution in [0.25, 0.3) is 0 Å². The molecule has 0 saturated heterocycles. The van der Waals surface area contributed by atoms with Crippen LogP contribution in [0.3, 0.4) is 0 Å². The lowest BCUT2D eigenvalue weighted by Gasteiger charge is -2.10. The highest BCUT2D eigenvalue weighted by atomic mass is 79.9. The zero-order chi connectivity index (χ0) is 10.9. The largest absolute Gasteiger partial charge is 0.397 e. The maximum Gasteiger partial charge on any atom is 0.221 e. The molecule has 14 heavy (non-hydrogen) atoms. The van der Waals surface area contributed by atoms with Crippen LogP contribution in [-0.2, 0) is 4.79 Å². The number of amides is 1. The number of rotatable bonds is 1. The fraction of sp³-hybridized carbons (Fsp3) is 0.125. The summed E-state index contributed by atoms with van der Waals surface area (Å²) in [5, 5.41) is 3.21. The minimum absolute atomic E-state index is 0.223. The molecule has 0 aliphatic carbocycles. The quantitative estimate of drug-likeness (QED) is 0.617. The number of nitrogens with one attached hydrogen (secondary N) is 1. The van der Waals surface area contributed by atoms with Crippen LogP contribution in [0.1, 0.15) is 6.92 Å². The average molecular weight is 298 g/mol. The van der Waals surface area contributed by atoms with E-state index in [0.717, 1.165) is 0 Å². The molecule has 0 atom stereocenters. The fourth-order valence-electron chi connectivity index (χ4n) is 0.890. The molecule has 0 aromatic heterocycles. The molecule has 1 aromatic carbocycles. The first-order valence-electron chi connectivity index (χ1n) is 3.64. The summed E-state index contributed by atoms with van der Waals surface area (Å²) in [7, 11) is 0. The number of hydrogen-bond acceptors (Lipinski definition) is 2. The van der Waals surface area contributed by atoms with Crippen molar-refractivity contribution in [2.45, 2.75) is 6.92 Å². The number of anilines is 2. The van der Waals surface area contributed by atoms with Gasteiger partial charge in [0.2, 0.25) is 5.91 Å². The van der Waals surface area contributed by atoms with Crippen LogP contribution in [0.15, 0.2) is 10.5 Å². The lowest BCUT2D eigenvalue weighted by Crippen LogP contribution is -2.07. The zero-order valence-electron chi connectivity index (χ0n) is 7.20. The van der Waals surface area contributed by atoms with Gasteiger partial charge in [-0.1, -0.05) is 23.2 Å². The number of hydrogen-bond donors (Lipinski definition) is 2. The molecule has 0 radical (unpaired) electrons. The van der Waals surface area contributed by atoms with Crippen molar-refractivity contribution in [3.8, 4) is 0 Å². The molecular weight excluding hydrogens is 291 g/mol. The summed E-state index contributed by atoms with van der Waals surface area (Å²) in [6, 6.07) is 1.51. The predicted molar refractivity (Wildman–Crippen MR) is 62.9 cm³/mol. The predicted octanol–water partition coefficient (Wildman–Crippen LogP) is 3.30. The van der Waals surface area contributed by atoms with Gasteiger partial charge in [0.1, 0.15) is 0 Å². The van der Waals surface area contributed by atoms with Gasteiger partial charge in [-0.2, -0.15) is 0 Å². The topological polar surface area (TPSA) is 55.1 Å². The van der Waals surface area contributed by atoms with E-state index in [-0.39, 0.29) is 5.91 Å². The first-order chi connectivity index (χ1) is 6.43. The van der Waals surface area contributed by atoms with Gasteiger partial charge >= 0.3 is 0 Å². The number of carbonyl (C=O) groups excluding carboxylic acids is 1. The molecule has 1 rings (SSSR count). The van der Waals surface area contributed by atoms with Gasteiger partial charge in [-0.3, -0.25) is 4.79 Å². The molecule has 0 bridgehead atoms. The second-order valence-corrected chi connectivity index (χ2v) is 4.21. The molecule has 6 heteroatoms. The first kappa shape index (κ1) is 11.6. The van der Waals surface area contributed by atoms with Gasteiger partial charge < -0.3 is 11.1 Å². The number of nitrogen functional groups attached to an aromatic ring is 1. The summed E-state index contributed by atoms with van der Waals surface area (Å²) in [6.07, 6.45) is 0. The maximum absolute atomic E-state index is 10.8. The number of carbonyl (C=O) groups is 1. The molecule has 0 aliphatic rings. The molecule has 1 aromatic rings. The Hall–Kier alpha value is -0.450. The van der Waals surface area contributed by atoms with Gasteiger partial charge in [0, 0.05) is 6.92 Å². The Morgan fingerprint density at radius 3 is 2.64 bits per heavy atom. The van der Waals surface area contributed by atoms with Crippen molar-refractivity contribution < 1.29 is 4.79 Å². The van der Waals surface area contributed by atoms with Crippen LogP contribution in [0.5, 0.6) is 0 Å². The van der Waals surface area contributed by atoms with E-state index < -0.39 is 0 Å². The van der Waals surface area contributed by atoms with Crippen molar-refractivity contribution in [2.24, 2.45) is 0 Å². The van der Waals surface area contributed by atoms with Gasteiger partial charge in [0.25, 0.3) is 0 Å². The Bertz CT molecular complexity index is 395. The summed E-state index contributed by atoms with van der Waals surface area (Å²) in [6.45, 7) is 1.38. The van der Waals surface area contributed by atoms with Crippen molar-refractivity contribution in [2.75, 3.05) is 11.1 Å². The summed E-state index contributed by atoms with van der Waals surface area (Å²) < 4.78 is 0.482. The maximum atomic E-state index is 10.8. The summed E-state index contributed by atoms with van der Waals surface area (Å²) in [5.41, 5.74) is 6.39. The van der Waals surface area contributed by atoms with E-state index in [0.29, 0.717) is 25.9 Å². The third-order valence-corrected chi connectivity index (χ3v) is 3.26. The van der Waals surface area contributed by atoms with Crippen LogP contribution < -0.4 is 11.1 Å². The first-order valence-corrected chi connectivity index (χ1v) is 5.19. The molecule has 76 valence electrons. The smallest absolute Gasteiger partial charge is 0.221 e. The number of halogens is 3. The zero-order valence-corrected chi connectivity index (χ0v) is 10.3. The second kappa shape index (κ2) is 4.38. The minimum atomic E-state index is -0.223. The summed E-state index contributed by atoms with van der Waals surface area (Å²) in [5.74, 6) is -0.223. The van der Waals surface area contributed by atoms with Crippen LogP contribution >= 0.6 is 39.1 Å². The fourth-order valence-corrected chi connectivity index (χ4v) is 1.84. The van der Waals surface area contributed by atoms with E-state index >= 15 is 0 Å². The van der Waals surface area contributed by atoms with Crippen molar-refractivity contribution in [1.29, 1.82) is 0 Å². The summed E-state index contributed by atoms with van der Waals surface area (Å²) >= 11 is 14.9. The molecule has 0 heterocycles. The van der Waals surface area contributed by atoms with Crippen molar-refractivity contribution in [3.05, 3.63) is 20.6 Å². The van der Waals surface area contributed by atoms with Gasteiger partial charge in [-0.05, 0) is 22.0 Å². The van der Waals surface area contributed by atoms with Crippen LogP contribution in [0.4, 0.5) is 11.4 Å². The molecule has 0 aliphatic heterocycles. The van der Waals surface area contributed by atoms with E-state index in [2.05, 4.69) is 21.2 Å². The average Bonchev–Trinajstić information content (AvgIpc) is 2.10. The number of nitrogens with two attached hydrogens (primary N) is 1. The SMILES string of the molecule is CC(=O)Nc1cc(Cl)c(N)c(Br)c1Cl. The highest BCUT2D eigenvalue weighted by Crippen LogP contribution is 2.39. The molecule has 1 amide bonds. The Kier molecular flexibility index (Phi) is 3.64. The Morgan fingerprint density at radius 2 is 2.14 bits per heavy atom. The van der Waals surface area contributed by atoms with Gasteiger partial charge in [0.15, 0.2) is 0 Å². The third kappa shape index (κ3) is 2.32. The Morgan fingerprint density at radius 1 is 1.57 bits per heavy atom. The third-order valence-electron chi connectivity index (χ3n) is 1.50. The molecule has 3 N–H and O–H groups in total. The Balaban J connectivity index is 3.25. The lowest BCUT2D eigenvalue weighted by molar-refractivity contribution is -0.114. The molecular formula is C8H7BrCl2N2O. The van der Waals surface area contributed by atoms with E-state index in [1.54, 1.807) is 0 Å². The second-order valence-electron chi connectivity index (χ2n) is 2.63. The molecule has 0 spiro atoms. The Labute approximate surface area is 99.7 Å². The number of benzene rings is 1. The van der Waals surface area contributed by atoms with E-state index in [1.165, 1.54) is 13.0 Å². The monoisotopic (exact) mass is 296 g/mol. The van der Waals surface area contributed by atoms with Gasteiger partial charge in [0.05, 0.1) is 25.9 Å². The normalized spacial score (nSPS) is 10.0. The van der Waals surface area contributed by atoms with E-state index in [1.807, 2.05) is 0 Å². The minimum Gasteiger partial charge on any atom is -0.397 e. The lowest BCUT2D eigenvalue weighted by atomic mass is 10.3. The van der Waals surface area contributed by atoms with E-state index in [9.17, 15) is 4.79 Å². The van der Waals surface area contributed by atoms with Crippen molar-refractivity contribution >= 4 is 56.4 Å². The highest BCUT2D eigenvalue weighted by Gasteiger charge is 2.12. The molecule has 0 unspecified atom stereocenters. The van der Waals surface area contributed by atoms with Gasteiger partial charge in [-0.15, -0.1) is 0 Å². The van der Waals surface area contributed by atoms with Crippen LogP contribution in [0, 0.1) is 0 Å². The van der Waals surface area contributed by atoms with Gasteiger partial charge in [-0.25, -0.2) is 0 Å². The highest BCUT2D eigenvalue weighted by molar-refractivity contribution is 9.10. The standard InChI is InChI=1S/C8H7BrCl2N2O/c1-3(14)13-5-2-4(10)8(12)6(9)7(5)11/h2H,12H2,1H3,(H,13,14). The van der Waals surface area contributed by atoms with E-state index in [4.69, 9.17) is 28.9 Å².